The van der Waals surface area contributed by atoms with E-state index in [0.29, 0.717) is 18.2 Å². The minimum atomic E-state index is -3.39. The van der Waals surface area contributed by atoms with Gasteiger partial charge in [0, 0.05) is 6.04 Å². The van der Waals surface area contributed by atoms with Crippen molar-refractivity contribution in [2.24, 2.45) is 0 Å². The highest BCUT2D eigenvalue weighted by Crippen LogP contribution is 2.13. The standard InChI is InChI=1S/C15H20N2O3S/c16-11-13-4-3-6-15(10-13)21(18,19)9-8-20-12-14-5-1-2-7-17-14/h3-4,6,10,14,17H,1-2,5,7-9,12H2. The van der Waals surface area contributed by atoms with E-state index in [1.54, 1.807) is 12.1 Å². The molecule has 0 bridgehead atoms. The van der Waals surface area contributed by atoms with Gasteiger partial charge in [-0.05, 0) is 37.6 Å². The summed E-state index contributed by atoms with van der Waals surface area (Å²) in [5, 5.41) is 12.2. The predicted octanol–water partition coefficient (Wildman–Crippen LogP) is 1.49. The number of ether oxygens (including phenoxy) is 1. The molecule has 2 rings (SSSR count). The van der Waals surface area contributed by atoms with Gasteiger partial charge in [-0.2, -0.15) is 5.26 Å². The first-order valence-electron chi connectivity index (χ1n) is 7.16. The van der Waals surface area contributed by atoms with Gasteiger partial charge in [-0.15, -0.1) is 0 Å². The predicted molar refractivity (Wildman–Crippen MR) is 79.7 cm³/mol. The Morgan fingerprint density at radius 3 is 2.95 bits per heavy atom. The number of sulfone groups is 1. The molecule has 0 aliphatic carbocycles. The average molecular weight is 308 g/mol. The van der Waals surface area contributed by atoms with Gasteiger partial charge in [-0.25, -0.2) is 8.42 Å². The second-order valence-electron chi connectivity index (χ2n) is 5.18. The van der Waals surface area contributed by atoms with Gasteiger partial charge in [-0.3, -0.25) is 0 Å². The van der Waals surface area contributed by atoms with Crippen molar-refractivity contribution in [1.29, 1.82) is 5.26 Å². The van der Waals surface area contributed by atoms with Crippen molar-refractivity contribution in [2.45, 2.75) is 30.2 Å². The van der Waals surface area contributed by atoms with Crippen molar-refractivity contribution >= 4 is 9.84 Å². The maximum absolute atomic E-state index is 12.1. The van der Waals surface area contributed by atoms with Crippen LogP contribution < -0.4 is 5.32 Å². The van der Waals surface area contributed by atoms with Crippen LogP contribution >= 0.6 is 0 Å². The van der Waals surface area contributed by atoms with Gasteiger partial charge < -0.3 is 10.1 Å². The van der Waals surface area contributed by atoms with Crippen molar-refractivity contribution in [3.8, 4) is 6.07 Å². The zero-order chi connectivity index (χ0) is 15.1. The van der Waals surface area contributed by atoms with E-state index in [9.17, 15) is 8.42 Å². The molecule has 1 fully saturated rings. The Kier molecular flexibility index (Phi) is 5.74. The third-order valence-electron chi connectivity index (χ3n) is 3.55. The van der Waals surface area contributed by atoms with Crippen LogP contribution in [-0.2, 0) is 14.6 Å². The molecule has 1 aliphatic heterocycles. The Labute approximate surface area is 125 Å². The molecule has 1 unspecified atom stereocenters. The van der Waals surface area contributed by atoms with E-state index < -0.39 is 9.84 Å². The molecule has 0 radical (unpaired) electrons. The summed E-state index contributed by atoms with van der Waals surface area (Å²) in [6.07, 6.45) is 3.47. The quantitative estimate of drug-likeness (QED) is 0.806. The molecular weight excluding hydrogens is 288 g/mol. The molecule has 1 aromatic carbocycles. The minimum Gasteiger partial charge on any atom is -0.379 e. The Morgan fingerprint density at radius 1 is 1.38 bits per heavy atom. The van der Waals surface area contributed by atoms with Gasteiger partial charge in [0.25, 0.3) is 0 Å². The van der Waals surface area contributed by atoms with Gasteiger partial charge in [0.15, 0.2) is 9.84 Å². The molecule has 0 amide bonds. The normalized spacial score (nSPS) is 19.1. The maximum Gasteiger partial charge on any atom is 0.180 e. The summed E-state index contributed by atoms with van der Waals surface area (Å²) < 4.78 is 29.8. The third-order valence-corrected chi connectivity index (χ3v) is 5.23. The van der Waals surface area contributed by atoms with Crippen LogP contribution in [-0.4, -0.2) is 40.0 Å². The first kappa shape index (κ1) is 16.0. The van der Waals surface area contributed by atoms with Crippen molar-refractivity contribution in [2.75, 3.05) is 25.5 Å². The average Bonchev–Trinajstić information content (AvgIpc) is 2.53. The lowest BCUT2D eigenvalue weighted by Crippen LogP contribution is -2.37. The fourth-order valence-electron chi connectivity index (χ4n) is 2.34. The number of rotatable bonds is 6. The summed E-state index contributed by atoms with van der Waals surface area (Å²) in [5.74, 6) is -0.0609. The molecule has 0 spiro atoms. The smallest absolute Gasteiger partial charge is 0.180 e. The Bertz CT molecular complexity index is 602. The topological polar surface area (TPSA) is 79.2 Å². The molecule has 1 aliphatic rings. The number of hydrogen-bond acceptors (Lipinski definition) is 5. The van der Waals surface area contributed by atoms with Crippen LogP contribution in [0.15, 0.2) is 29.2 Å². The Balaban J connectivity index is 1.82. The molecule has 6 heteroatoms. The van der Waals surface area contributed by atoms with Crippen LogP contribution in [0, 0.1) is 11.3 Å². The summed E-state index contributed by atoms with van der Waals surface area (Å²) in [4.78, 5) is 0.181. The fraction of sp³-hybridized carbons (Fsp3) is 0.533. The van der Waals surface area contributed by atoms with E-state index in [-0.39, 0.29) is 17.3 Å². The zero-order valence-corrected chi connectivity index (χ0v) is 12.7. The SMILES string of the molecule is N#Cc1cccc(S(=O)(=O)CCOCC2CCCCN2)c1. The number of hydrogen-bond donors (Lipinski definition) is 1. The van der Waals surface area contributed by atoms with Gasteiger partial charge in [0.2, 0.25) is 0 Å². The molecule has 1 atom stereocenters. The number of nitrogens with zero attached hydrogens (tertiary/aromatic N) is 1. The molecule has 1 N–H and O–H groups in total. The maximum atomic E-state index is 12.1. The lowest BCUT2D eigenvalue weighted by Gasteiger charge is -2.23. The third kappa shape index (κ3) is 4.81. The number of nitriles is 1. The highest BCUT2D eigenvalue weighted by atomic mass is 32.2. The van der Waals surface area contributed by atoms with Gasteiger partial charge >= 0.3 is 0 Å². The second-order valence-corrected chi connectivity index (χ2v) is 7.29. The fourth-order valence-corrected chi connectivity index (χ4v) is 3.50. The largest absolute Gasteiger partial charge is 0.379 e. The molecular formula is C15H20N2O3S. The van der Waals surface area contributed by atoms with Crippen LogP contribution in [0.1, 0.15) is 24.8 Å². The number of benzene rings is 1. The van der Waals surface area contributed by atoms with E-state index in [0.717, 1.165) is 13.0 Å². The molecule has 0 saturated carbocycles. The first-order valence-corrected chi connectivity index (χ1v) is 8.81. The molecule has 21 heavy (non-hydrogen) atoms. The van der Waals surface area contributed by atoms with E-state index in [2.05, 4.69) is 5.32 Å². The summed E-state index contributed by atoms with van der Waals surface area (Å²) >= 11 is 0. The number of piperidine rings is 1. The summed E-state index contributed by atoms with van der Waals surface area (Å²) in [7, 11) is -3.39. The lowest BCUT2D eigenvalue weighted by molar-refractivity contribution is 0.115. The first-order chi connectivity index (χ1) is 10.1. The summed E-state index contributed by atoms with van der Waals surface area (Å²) in [5.41, 5.74) is 0.350. The Hall–Kier alpha value is -1.42. The monoisotopic (exact) mass is 308 g/mol. The van der Waals surface area contributed by atoms with E-state index in [1.165, 1.54) is 25.0 Å². The van der Waals surface area contributed by atoms with Gasteiger partial charge in [0.05, 0.1) is 35.5 Å². The van der Waals surface area contributed by atoms with Crippen molar-refractivity contribution in [3.63, 3.8) is 0 Å². The second kappa shape index (κ2) is 7.55. The molecule has 1 heterocycles. The van der Waals surface area contributed by atoms with Crippen LogP contribution in [0.3, 0.4) is 0 Å². The molecule has 1 aromatic rings. The molecule has 1 saturated heterocycles. The van der Waals surface area contributed by atoms with Crippen molar-refractivity contribution in [3.05, 3.63) is 29.8 Å². The number of nitrogens with one attached hydrogen (secondary N) is 1. The minimum absolute atomic E-state index is 0.0609. The van der Waals surface area contributed by atoms with Gasteiger partial charge in [0.1, 0.15) is 0 Å². The van der Waals surface area contributed by atoms with Crippen LogP contribution in [0.5, 0.6) is 0 Å². The summed E-state index contributed by atoms with van der Waals surface area (Å²) in [6.45, 7) is 1.73. The van der Waals surface area contributed by atoms with Crippen molar-refractivity contribution in [1.82, 2.24) is 5.32 Å². The van der Waals surface area contributed by atoms with Crippen LogP contribution in [0.2, 0.25) is 0 Å². The van der Waals surface area contributed by atoms with E-state index in [4.69, 9.17) is 10.00 Å². The van der Waals surface area contributed by atoms with Crippen molar-refractivity contribution < 1.29 is 13.2 Å². The highest BCUT2D eigenvalue weighted by Gasteiger charge is 2.16. The lowest BCUT2D eigenvalue weighted by atomic mass is 10.1. The Morgan fingerprint density at radius 2 is 2.24 bits per heavy atom. The van der Waals surface area contributed by atoms with E-state index >= 15 is 0 Å². The van der Waals surface area contributed by atoms with Gasteiger partial charge in [-0.1, -0.05) is 12.5 Å². The zero-order valence-electron chi connectivity index (χ0n) is 11.9. The summed E-state index contributed by atoms with van der Waals surface area (Å²) in [6, 6.07) is 8.36. The van der Waals surface area contributed by atoms with Crippen LogP contribution in [0.4, 0.5) is 0 Å². The molecule has 0 aromatic heterocycles. The highest BCUT2D eigenvalue weighted by molar-refractivity contribution is 7.91. The van der Waals surface area contributed by atoms with Crippen LogP contribution in [0.25, 0.3) is 0 Å². The van der Waals surface area contributed by atoms with E-state index in [1.807, 2.05) is 6.07 Å². The molecule has 114 valence electrons. The molecule has 5 nitrogen and oxygen atoms in total.